The molecule has 0 atom stereocenters. The highest BCUT2D eigenvalue weighted by Crippen LogP contribution is 2.41. The van der Waals surface area contributed by atoms with Gasteiger partial charge in [0, 0.05) is 6.26 Å². The fourth-order valence-electron chi connectivity index (χ4n) is 2.95. The van der Waals surface area contributed by atoms with Crippen molar-refractivity contribution in [1.82, 2.24) is 0 Å². The first-order valence-electron chi connectivity index (χ1n) is 6.77. The van der Waals surface area contributed by atoms with Gasteiger partial charge in [-0.1, -0.05) is 41.5 Å². The zero-order chi connectivity index (χ0) is 16.6. The van der Waals surface area contributed by atoms with Crippen LogP contribution in [-0.2, 0) is 19.7 Å². The molecule has 6 heteroatoms. The van der Waals surface area contributed by atoms with Gasteiger partial charge in [0.25, 0.3) is 0 Å². The molecule has 0 radical (unpaired) electrons. The van der Waals surface area contributed by atoms with Crippen molar-refractivity contribution >= 4 is 19.7 Å². The van der Waals surface area contributed by atoms with Crippen LogP contribution in [0.2, 0.25) is 0 Å². The third kappa shape index (κ3) is 7.07. The van der Waals surface area contributed by atoms with Gasteiger partial charge < -0.3 is 0 Å². The van der Waals surface area contributed by atoms with Gasteiger partial charge in [-0.3, -0.25) is 0 Å². The molecule has 20 heavy (non-hydrogen) atoms. The molecular weight excluding hydrogens is 296 g/mol. The molecule has 0 aliphatic heterocycles. The Balaban J connectivity index is 5.76. The third-order valence-electron chi connectivity index (χ3n) is 2.93. The minimum absolute atomic E-state index is 0.190. The molecule has 122 valence electrons. The van der Waals surface area contributed by atoms with Crippen molar-refractivity contribution in [1.29, 1.82) is 0 Å². The molecule has 0 aromatic heterocycles. The van der Waals surface area contributed by atoms with Gasteiger partial charge in [0.15, 0.2) is 24.8 Å². The summed E-state index contributed by atoms with van der Waals surface area (Å²) in [6.45, 7) is 13.5. The molecule has 0 N–H and O–H groups in total. The van der Waals surface area contributed by atoms with Crippen LogP contribution in [0.3, 0.4) is 0 Å². The minimum Gasteiger partial charge on any atom is -0.228 e. The Morgan fingerprint density at radius 1 is 0.700 bits per heavy atom. The quantitative estimate of drug-likeness (QED) is 0.778. The molecule has 0 spiro atoms. The van der Waals surface area contributed by atoms with Crippen LogP contribution < -0.4 is 0 Å². The Morgan fingerprint density at radius 2 is 1.00 bits per heavy atom. The molecular formula is C14H30O4S2. The Morgan fingerprint density at radius 3 is 1.20 bits per heavy atom. The Bertz CT molecular complexity index is 513. The van der Waals surface area contributed by atoms with Crippen LogP contribution in [0.5, 0.6) is 0 Å². The van der Waals surface area contributed by atoms with Crippen LogP contribution in [0, 0.1) is 10.8 Å². The molecule has 0 fully saturated rings. The lowest BCUT2D eigenvalue weighted by Gasteiger charge is -2.39. The number of rotatable bonds is 5. The van der Waals surface area contributed by atoms with Crippen LogP contribution >= 0.6 is 0 Å². The Hall–Kier alpha value is -0.100. The van der Waals surface area contributed by atoms with Crippen LogP contribution in [-0.4, -0.2) is 32.9 Å². The van der Waals surface area contributed by atoms with Crippen LogP contribution in [0.25, 0.3) is 0 Å². The maximum Gasteiger partial charge on any atom is 0.170 e. The average Bonchev–Trinajstić information content (AvgIpc) is 1.88. The fraction of sp³-hybridized carbons (Fsp3) is 1.00. The normalized spacial score (nSPS) is 15.4. The van der Waals surface area contributed by atoms with Crippen molar-refractivity contribution in [2.75, 3.05) is 11.3 Å². The summed E-state index contributed by atoms with van der Waals surface area (Å²) in [6, 6.07) is 0. The van der Waals surface area contributed by atoms with Crippen molar-refractivity contribution in [2.24, 2.45) is 10.8 Å². The van der Waals surface area contributed by atoms with Crippen molar-refractivity contribution in [2.45, 2.75) is 66.1 Å². The standard InChI is InChI=1S/C14H30O4S2/c1-12(2,3)9-14(7,10-13(4,5)6)20(17,18)11-19(8,15)16/h9-11H2,1-8H3. The van der Waals surface area contributed by atoms with Crippen molar-refractivity contribution in [3.63, 3.8) is 0 Å². The molecule has 0 aliphatic rings. The predicted octanol–water partition coefficient (Wildman–Crippen LogP) is 3.03. The van der Waals surface area contributed by atoms with E-state index >= 15 is 0 Å². The van der Waals surface area contributed by atoms with Crippen LogP contribution in [0.1, 0.15) is 61.3 Å². The summed E-state index contributed by atoms with van der Waals surface area (Å²) in [5.41, 5.74) is -0.380. The molecule has 0 saturated carbocycles. The topological polar surface area (TPSA) is 68.3 Å². The van der Waals surface area contributed by atoms with E-state index in [0.29, 0.717) is 12.8 Å². The maximum absolute atomic E-state index is 12.6. The fourth-order valence-corrected chi connectivity index (χ4v) is 7.65. The van der Waals surface area contributed by atoms with Gasteiger partial charge in [-0.2, -0.15) is 0 Å². The molecule has 0 heterocycles. The third-order valence-corrected chi connectivity index (χ3v) is 7.67. The number of hydrogen-bond acceptors (Lipinski definition) is 4. The van der Waals surface area contributed by atoms with Gasteiger partial charge in [-0.05, 0) is 30.6 Å². The number of hydrogen-bond donors (Lipinski definition) is 0. The molecule has 0 amide bonds. The average molecular weight is 327 g/mol. The van der Waals surface area contributed by atoms with E-state index < -0.39 is 29.5 Å². The van der Waals surface area contributed by atoms with E-state index in [0.717, 1.165) is 6.26 Å². The molecule has 4 nitrogen and oxygen atoms in total. The smallest absolute Gasteiger partial charge is 0.170 e. The Labute approximate surface area is 125 Å². The minimum atomic E-state index is -3.73. The van der Waals surface area contributed by atoms with Crippen LogP contribution in [0.15, 0.2) is 0 Å². The summed E-state index contributed by atoms with van der Waals surface area (Å²) in [4.78, 5) is 0. The second-order valence-electron chi connectivity index (χ2n) is 8.58. The zero-order valence-corrected chi connectivity index (χ0v) is 15.7. The van der Waals surface area contributed by atoms with Gasteiger partial charge in [-0.25, -0.2) is 16.8 Å². The van der Waals surface area contributed by atoms with Crippen LogP contribution in [0.4, 0.5) is 0 Å². The summed E-state index contributed by atoms with van der Waals surface area (Å²) in [5, 5.41) is -0.775. The van der Waals surface area contributed by atoms with Crippen molar-refractivity contribution in [3.05, 3.63) is 0 Å². The lowest BCUT2D eigenvalue weighted by atomic mass is 9.77. The molecule has 0 aromatic rings. The first-order chi connectivity index (χ1) is 8.37. The summed E-state index contributed by atoms with van der Waals surface area (Å²) in [6.07, 6.45) is 1.85. The second-order valence-corrected chi connectivity index (χ2v) is 13.6. The van der Waals surface area contributed by atoms with Gasteiger partial charge >= 0.3 is 0 Å². The zero-order valence-electron chi connectivity index (χ0n) is 14.1. The lowest BCUT2D eigenvalue weighted by molar-refractivity contribution is 0.248. The number of sulfone groups is 2. The van der Waals surface area contributed by atoms with Gasteiger partial charge in [0.2, 0.25) is 0 Å². The summed E-state index contributed by atoms with van der Waals surface area (Å²) in [5.74, 6) is 0. The Kier molecular flexibility index (Phi) is 5.57. The first kappa shape index (κ1) is 19.9. The molecule has 0 aliphatic carbocycles. The van der Waals surface area contributed by atoms with E-state index in [2.05, 4.69) is 0 Å². The molecule has 0 saturated heterocycles. The van der Waals surface area contributed by atoms with Crippen molar-refractivity contribution in [3.8, 4) is 0 Å². The van der Waals surface area contributed by atoms with Crippen molar-refractivity contribution < 1.29 is 16.8 Å². The lowest BCUT2D eigenvalue weighted by Crippen LogP contribution is -2.44. The van der Waals surface area contributed by atoms with E-state index in [-0.39, 0.29) is 10.8 Å². The summed E-state index contributed by atoms with van der Waals surface area (Å²) >= 11 is 0. The van der Waals surface area contributed by atoms with E-state index in [1.807, 2.05) is 41.5 Å². The SMILES string of the molecule is CC(C)(C)CC(C)(CC(C)(C)C)S(=O)(=O)CS(C)(=O)=O. The molecule has 0 unspecified atom stereocenters. The van der Waals surface area contributed by atoms with Gasteiger partial charge in [0.05, 0.1) is 4.75 Å². The molecule has 0 bridgehead atoms. The molecule has 0 rings (SSSR count). The van der Waals surface area contributed by atoms with Gasteiger partial charge in [-0.15, -0.1) is 0 Å². The monoisotopic (exact) mass is 326 g/mol. The largest absolute Gasteiger partial charge is 0.228 e. The molecule has 0 aromatic carbocycles. The van der Waals surface area contributed by atoms with Gasteiger partial charge in [0.1, 0.15) is 0 Å². The summed E-state index contributed by atoms with van der Waals surface area (Å²) < 4.78 is 47.1. The highest BCUT2D eigenvalue weighted by atomic mass is 32.3. The predicted molar refractivity (Wildman–Crippen MR) is 85.2 cm³/mol. The highest BCUT2D eigenvalue weighted by Gasteiger charge is 2.45. The van der Waals surface area contributed by atoms with E-state index in [1.54, 1.807) is 6.92 Å². The second kappa shape index (κ2) is 5.59. The van der Waals surface area contributed by atoms with E-state index in [1.165, 1.54) is 0 Å². The van der Waals surface area contributed by atoms with E-state index in [4.69, 9.17) is 0 Å². The summed E-state index contributed by atoms with van der Waals surface area (Å²) in [7, 11) is -7.30. The highest BCUT2D eigenvalue weighted by molar-refractivity contribution is 8.08. The first-order valence-corrected chi connectivity index (χ1v) is 10.5. The van der Waals surface area contributed by atoms with E-state index in [9.17, 15) is 16.8 Å². The maximum atomic E-state index is 12.6.